The SMILES string of the molecule is N#Cc1cccc([C@]23CC[C@@H](N(CCN4CCC(F)(F)C4)C(=O)Nc4cc(Cl)cc(Cl)c4)CC2C3)c1. The first-order valence-corrected chi connectivity index (χ1v) is 13.1. The molecule has 2 saturated carbocycles. The molecule has 0 bridgehead atoms. The summed E-state index contributed by atoms with van der Waals surface area (Å²) in [5.41, 5.74) is 2.44. The van der Waals surface area contributed by atoms with Gasteiger partial charge in [-0.1, -0.05) is 35.3 Å². The number of alkyl halides is 2. The highest BCUT2D eigenvalue weighted by Gasteiger charge is 2.58. The van der Waals surface area contributed by atoms with E-state index in [1.54, 1.807) is 28.0 Å². The van der Waals surface area contributed by atoms with E-state index in [-0.39, 0.29) is 30.5 Å². The molecule has 2 amide bonds. The van der Waals surface area contributed by atoms with Crippen LogP contribution in [0.1, 0.15) is 43.2 Å². The van der Waals surface area contributed by atoms with Crippen molar-refractivity contribution in [2.24, 2.45) is 5.92 Å². The number of benzene rings is 2. The van der Waals surface area contributed by atoms with Crippen molar-refractivity contribution < 1.29 is 13.6 Å². The summed E-state index contributed by atoms with van der Waals surface area (Å²) in [6, 6.07) is 14.7. The molecule has 0 aromatic heterocycles. The van der Waals surface area contributed by atoms with Gasteiger partial charge in [0.15, 0.2) is 0 Å². The van der Waals surface area contributed by atoms with Gasteiger partial charge >= 0.3 is 6.03 Å². The molecule has 9 heteroatoms. The minimum Gasteiger partial charge on any atom is -0.320 e. The number of carbonyl (C=O) groups excluding carboxylic acids is 1. The van der Waals surface area contributed by atoms with Crippen LogP contribution in [0, 0.1) is 17.2 Å². The van der Waals surface area contributed by atoms with Crippen LogP contribution in [0.4, 0.5) is 19.3 Å². The Morgan fingerprint density at radius 3 is 2.64 bits per heavy atom. The second-order valence-corrected chi connectivity index (χ2v) is 11.2. The maximum absolute atomic E-state index is 13.7. The number of rotatable bonds is 6. The highest BCUT2D eigenvalue weighted by atomic mass is 35.5. The number of likely N-dealkylation sites (tertiary alicyclic amines) is 1. The normalized spacial score (nSPS) is 26.6. The van der Waals surface area contributed by atoms with Gasteiger partial charge in [-0.25, -0.2) is 13.6 Å². The number of nitrogens with one attached hydrogen (secondary N) is 1. The molecule has 3 aliphatic rings. The number of carbonyl (C=O) groups is 1. The molecule has 1 saturated heterocycles. The number of urea groups is 1. The van der Waals surface area contributed by atoms with E-state index < -0.39 is 5.92 Å². The first kappa shape index (κ1) is 25.3. The molecule has 5 nitrogen and oxygen atoms in total. The van der Waals surface area contributed by atoms with Gasteiger partial charge in [-0.05, 0) is 72.9 Å². The van der Waals surface area contributed by atoms with Crippen molar-refractivity contribution in [1.29, 1.82) is 5.26 Å². The Bertz CT molecular complexity index is 1180. The molecule has 0 spiro atoms. The standard InChI is InChI=1S/C27H28Cl2F2N4O/c28-21-12-22(29)14-23(13-21)33-25(36)35(9-8-34-7-6-27(30,31)17-34)24-4-5-26(15-20(26)11-24)19-3-1-2-18(10-19)16-32/h1-3,10,12-14,20,24H,4-9,11,15,17H2,(H,33,36)/t20?,24-,26-/m1/s1. The summed E-state index contributed by atoms with van der Waals surface area (Å²) in [4.78, 5) is 17.0. The van der Waals surface area contributed by atoms with Gasteiger partial charge in [0.25, 0.3) is 5.92 Å². The van der Waals surface area contributed by atoms with Gasteiger partial charge in [0.05, 0.1) is 18.2 Å². The van der Waals surface area contributed by atoms with Crippen molar-refractivity contribution >= 4 is 34.9 Å². The quantitative estimate of drug-likeness (QED) is 0.458. The minimum atomic E-state index is -2.67. The van der Waals surface area contributed by atoms with Crippen molar-refractivity contribution in [2.75, 3.05) is 31.5 Å². The maximum Gasteiger partial charge on any atom is 0.322 e. The molecule has 3 atom stereocenters. The summed E-state index contributed by atoms with van der Waals surface area (Å²) in [6.45, 7) is 0.830. The van der Waals surface area contributed by atoms with E-state index in [0.717, 1.165) is 25.7 Å². The number of hydrogen-bond acceptors (Lipinski definition) is 3. The van der Waals surface area contributed by atoms with Gasteiger partial charge in [-0.2, -0.15) is 5.26 Å². The molecule has 2 aromatic carbocycles. The topological polar surface area (TPSA) is 59.4 Å². The molecule has 1 heterocycles. The zero-order chi connectivity index (χ0) is 25.5. The molecule has 1 N–H and O–H groups in total. The van der Waals surface area contributed by atoms with E-state index in [0.29, 0.717) is 46.8 Å². The van der Waals surface area contributed by atoms with Gasteiger partial charge < -0.3 is 10.2 Å². The van der Waals surface area contributed by atoms with Crippen LogP contribution in [0.5, 0.6) is 0 Å². The number of halogens is 4. The second-order valence-electron chi connectivity index (χ2n) is 10.3. The third kappa shape index (κ3) is 5.32. The van der Waals surface area contributed by atoms with E-state index in [1.165, 1.54) is 5.56 Å². The summed E-state index contributed by atoms with van der Waals surface area (Å²) in [6.07, 6.45) is 3.47. The Morgan fingerprint density at radius 1 is 1.19 bits per heavy atom. The summed E-state index contributed by atoms with van der Waals surface area (Å²) in [5, 5.41) is 13.1. The van der Waals surface area contributed by atoms with Gasteiger partial charge in [-0.15, -0.1) is 0 Å². The average molecular weight is 533 g/mol. The first-order chi connectivity index (χ1) is 17.2. The van der Waals surface area contributed by atoms with Gasteiger partial charge in [-0.3, -0.25) is 4.90 Å². The third-order valence-corrected chi connectivity index (χ3v) is 8.44. The van der Waals surface area contributed by atoms with Crippen molar-refractivity contribution in [2.45, 2.75) is 49.5 Å². The smallest absolute Gasteiger partial charge is 0.320 e. The fourth-order valence-corrected chi connectivity index (χ4v) is 6.59. The van der Waals surface area contributed by atoms with Gasteiger partial charge in [0.2, 0.25) is 0 Å². The molecule has 2 aromatic rings. The summed E-state index contributed by atoms with van der Waals surface area (Å²) < 4.78 is 27.5. The largest absolute Gasteiger partial charge is 0.322 e. The molecule has 5 rings (SSSR count). The lowest BCUT2D eigenvalue weighted by Gasteiger charge is -2.37. The lowest BCUT2D eigenvalue weighted by atomic mass is 9.80. The molecule has 3 fully saturated rings. The number of nitriles is 1. The Labute approximate surface area is 220 Å². The lowest BCUT2D eigenvalue weighted by molar-refractivity contribution is 0.0114. The van der Waals surface area contributed by atoms with Gasteiger partial charge in [0.1, 0.15) is 0 Å². The molecule has 190 valence electrons. The third-order valence-electron chi connectivity index (χ3n) is 8.00. The van der Waals surface area contributed by atoms with Crippen LogP contribution in [0.3, 0.4) is 0 Å². The van der Waals surface area contributed by atoms with Crippen LogP contribution in [0.25, 0.3) is 0 Å². The van der Waals surface area contributed by atoms with Crippen LogP contribution in [-0.4, -0.2) is 54.0 Å². The van der Waals surface area contributed by atoms with Crippen molar-refractivity contribution in [3.8, 4) is 6.07 Å². The summed E-state index contributed by atoms with van der Waals surface area (Å²) in [5.74, 6) is -2.24. The number of fused-ring (bicyclic) bond motifs is 1. The van der Waals surface area contributed by atoms with E-state index in [2.05, 4.69) is 17.5 Å². The number of hydrogen-bond donors (Lipinski definition) is 1. The van der Waals surface area contributed by atoms with Crippen molar-refractivity contribution in [1.82, 2.24) is 9.80 Å². The highest BCUT2D eigenvalue weighted by molar-refractivity contribution is 6.35. The molecule has 1 aliphatic heterocycles. The van der Waals surface area contributed by atoms with Crippen LogP contribution in [0.15, 0.2) is 42.5 Å². The molecule has 36 heavy (non-hydrogen) atoms. The van der Waals surface area contributed by atoms with E-state index >= 15 is 0 Å². The first-order valence-electron chi connectivity index (χ1n) is 12.3. The Hall–Kier alpha value is -2.40. The lowest BCUT2D eigenvalue weighted by Crippen LogP contribution is -2.48. The van der Waals surface area contributed by atoms with Crippen LogP contribution in [-0.2, 0) is 5.41 Å². The zero-order valence-electron chi connectivity index (χ0n) is 19.8. The number of amides is 2. The van der Waals surface area contributed by atoms with E-state index in [9.17, 15) is 18.8 Å². The maximum atomic E-state index is 13.7. The predicted molar refractivity (Wildman–Crippen MR) is 137 cm³/mol. The molecular formula is C27H28Cl2F2N4O. The Balaban J connectivity index is 1.30. The Kier molecular flexibility index (Phi) is 6.88. The van der Waals surface area contributed by atoms with Crippen molar-refractivity contribution in [3.05, 3.63) is 63.6 Å². The van der Waals surface area contributed by atoms with E-state index in [1.807, 2.05) is 18.2 Å². The van der Waals surface area contributed by atoms with Crippen LogP contribution < -0.4 is 5.32 Å². The van der Waals surface area contributed by atoms with E-state index in [4.69, 9.17) is 23.2 Å². The van der Waals surface area contributed by atoms with Crippen molar-refractivity contribution in [3.63, 3.8) is 0 Å². The highest BCUT2D eigenvalue weighted by Crippen LogP contribution is 2.62. The summed E-state index contributed by atoms with van der Waals surface area (Å²) in [7, 11) is 0. The zero-order valence-corrected chi connectivity index (χ0v) is 21.3. The van der Waals surface area contributed by atoms with Gasteiger partial charge in [0, 0.05) is 47.8 Å². The molecular weight excluding hydrogens is 505 g/mol. The monoisotopic (exact) mass is 532 g/mol. The number of anilines is 1. The Morgan fingerprint density at radius 2 is 1.97 bits per heavy atom. The molecule has 0 radical (unpaired) electrons. The summed E-state index contributed by atoms with van der Waals surface area (Å²) >= 11 is 12.2. The average Bonchev–Trinajstić information content (AvgIpc) is 3.47. The molecule has 2 aliphatic carbocycles. The number of nitrogens with zero attached hydrogens (tertiary/aromatic N) is 3. The fraction of sp³-hybridized carbons (Fsp3) is 0.481. The minimum absolute atomic E-state index is 0.00236. The molecule has 1 unspecified atom stereocenters. The second kappa shape index (κ2) is 9.81. The fourth-order valence-electron chi connectivity index (χ4n) is 6.06. The predicted octanol–water partition coefficient (Wildman–Crippen LogP) is 6.55. The van der Waals surface area contributed by atoms with Crippen LogP contribution >= 0.6 is 23.2 Å². The van der Waals surface area contributed by atoms with Crippen LogP contribution in [0.2, 0.25) is 10.0 Å².